The van der Waals surface area contributed by atoms with Crippen molar-refractivity contribution in [3.05, 3.63) is 41.2 Å². The van der Waals surface area contributed by atoms with Crippen molar-refractivity contribution in [2.24, 2.45) is 7.05 Å². The van der Waals surface area contributed by atoms with E-state index < -0.39 is 11.9 Å². The van der Waals surface area contributed by atoms with Crippen LogP contribution < -0.4 is 0 Å². The molecule has 1 unspecified atom stereocenters. The lowest BCUT2D eigenvalue weighted by Crippen LogP contribution is -2.40. The number of hydrogen-bond donors (Lipinski definition) is 0. The van der Waals surface area contributed by atoms with Gasteiger partial charge in [-0.25, -0.2) is 4.98 Å². The number of aromatic nitrogens is 4. The molecular formula is C16H18F3N5O. The predicted octanol–water partition coefficient (Wildman–Crippen LogP) is 2.56. The molecule has 0 radical (unpaired) electrons. The number of piperidine rings is 1. The van der Waals surface area contributed by atoms with Crippen LogP contribution in [0.15, 0.2) is 18.5 Å². The van der Waals surface area contributed by atoms with E-state index in [4.69, 9.17) is 0 Å². The molecular weight excluding hydrogens is 335 g/mol. The molecule has 2 aromatic rings. The quantitative estimate of drug-likeness (QED) is 0.832. The zero-order valence-corrected chi connectivity index (χ0v) is 13.9. The molecule has 25 heavy (non-hydrogen) atoms. The van der Waals surface area contributed by atoms with Gasteiger partial charge in [-0.05, 0) is 25.8 Å². The van der Waals surface area contributed by atoms with Crippen molar-refractivity contribution in [1.82, 2.24) is 24.6 Å². The fraction of sp³-hybridized carbons (Fsp3) is 0.500. The van der Waals surface area contributed by atoms with Gasteiger partial charge in [0.1, 0.15) is 5.82 Å². The van der Waals surface area contributed by atoms with E-state index in [2.05, 4.69) is 15.2 Å². The molecule has 3 rings (SSSR count). The van der Waals surface area contributed by atoms with Crippen LogP contribution in [0.25, 0.3) is 0 Å². The van der Waals surface area contributed by atoms with Crippen molar-refractivity contribution in [3.63, 3.8) is 0 Å². The zero-order chi connectivity index (χ0) is 18.2. The van der Waals surface area contributed by atoms with Crippen LogP contribution in [0.5, 0.6) is 0 Å². The van der Waals surface area contributed by atoms with E-state index in [1.54, 1.807) is 24.9 Å². The average Bonchev–Trinajstić information content (AvgIpc) is 2.97. The number of nitrogens with zero attached hydrogens (tertiary/aromatic N) is 5. The van der Waals surface area contributed by atoms with Crippen molar-refractivity contribution in [2.45, 2.75) is 31.9 Å². The molecule has 1 fully saturated rings. The van der Waals surface area contributed by atoms with Gasteiger partial charge >= 0.3 is 6.18 Å². The summed E-state index contributed by atoms with van der Waals surface area (Å²) in [6, 6.07) is 1.61. The maximum Gasteiger partial charge on any atom is 0.434 e. The Balaban J connectivity index is 1.81. The van der Waals surface area contributed by atoms with E-state index in [9.17, 15) is 18.0 Å². The van der Waals surface area contributed by atoms with Crippen LogP contribution in [0.3, 0.4) is 0 Å². The highest BCUT2D eigenvalue weighted by Crippen LogP contribution is 2.32. The van der Waals surface area contributed by atoms with E-state index in [-0.39, 0.29) is 11.8 Å². The summed E-state index contributed by atoms with van der Waals surface area (Å²) in [7, 11) is 1.55. The first-order valence-electron chi connectivity index (χ1n) is 7.95. The second-order valence-electron chi connectivity index (χ2n) is 6.21. The van der Waals surface area contributed by atoms with Gasteiger partial charge < -0.3 is 9.47 Å². The summed E-state index contributed by atoms with van der Waals surface area (Å²) in [6.07, 6.45) is -0.620. The molecule has 0 spiro atoms. The number of aryl methyl sites for hydroxylation is 2. The number of halogens is 3. The number of alkyl halides is 3. The maximum absolute atomic E-state index is 12.9. The van der Waals surface area contributed by atoms with Crippen molar-refractivity contribution in [1.29, 1.82) is 0 Å². The number of amides is 1. The molecule has 1 aliphatic rings. The molecule has 0 bridgehead atoms. The Bertz CT molecular complexity index is 786. The minimum Gasteiger partial charge on any atom is -0.338 e. The third-order valence-electron chi connectivity index (χ3n) is 4.41. The Hall–Kier alpha value is -2.45. The van der Waals surface area contributed by atoms with E-state index in [1.165, 1.54) is 10.8 Å². The SMILES string of the molecule is Cc1nnccc1C(=O)N1CCCC(c2nc(C(F)(F)F)cn2C)C1. The minimum absolute atomic E-state index is 0.178. The first kappa shape index (κ1) is 17.4. The van der Waals surface area contributed by atoms with Gasteiger partial charge in [0.25, 0.3) is 5.91 Å². The van der Waals surface area contributed by atoms with Gasteiger partial charge in [-0.1, -0.05) is 0 Å². The molecule has 2 aromatic heterocycles. The van der Waals surface area contributed by atoms with Gasteiger partial charge in [-0.2, -0.15) is 23.4 Å². The number of likely N-dealkylation sites (tertiary alicyclic amines) is 1. The lowest BCUT2D eigenvalue weighted by Gasteiger charge is -2.32. The first-order valence-corrected chi connectivity index (χ1v) is 7.95. The van der Waals surface area contributed by atoms with Gasteiger partial charge in [0.15, 0.2) is 5.69 Å². The first-order chi connectivity index (χ1) is 11.8. The van der Waals surface area contributed by atoms with Gasteiger partial charge in [-0.3, -0.25) is 4.79 Å². The largest absolute Gasteiger partial charge is 0.434 e. The number of rotatable bonds is 2. The van der Waals surface area contributed by atoms with Crippen molar-refractivity contribution in [3.8, 4) is 0 Å². The summed E-state index contributed by atoms with van der Waals surface area (Å²) < 4.78 is 40.0. The van der Waals surface area contributed by atoms with E-state index in [1.807, 2.05) is 0 Å². The molecule has 1 atom stereocenters. The van der Waals surface area contributed by atoms with Crippen LogP contribution in [-0.4, -0.2) is 43.6 Å². The Kier molecular flexibility index (Phi) is 4.49. The summed E-state index contributed by atoms with van der Waals surface area (Å²) in [5.41, 5.74) is 0.0973. The highest BCUT2D eigenvalue weighted by Gasteiger charge is 2.36. The Morgan fingerprint density at radius 3 is 2.76 bits per heavy atom. The van der Waals surface area contributed by atoms with Gasteiger partial charge in [-0.15, -0.1) is 0 Å². The molecule has 0 aromatic carbocycles. The Labute approximate surface area is 142 Å². The lowest BCUT2D eigenvalue weighted by atomic mass is 9.96. The van der Waals surface area contributed by atoms with Gasteiger partial charge in [0.2, 0.25) is 0 Å². The van der Waals surface area contributed by atoms with Crippen LogP contribution >= 0.6 is 0 Å². The number of carbonyl (C=O) groups excluding carboxylic acids is 1. The van der Waals surface area contributed by atoms with Crippen molar-refractivity contribution in [2.75, 3.05) is 13.1 Å². The fourth-order valence-corrected chi connectivity index (χ4v) is 3.17. The number of imidazole rings is 1. The van der Waals surface area contributed by atoms with Crippen LogP contribution in [0.4, 0.5) is 13.2 Å². The van der Waals surface area contributed by atoms with Crippen LogP contribution in [0.2, 0.25) is 0 Å². The lowest BCUT2D eigenvalue weighted by molar-refractivity contribution is -0.141. The zero-order valence-electron chi connectivity index (χ0n) is 13.9. The van der Waals surface area contributed by atoms with Gasteiger partial charge in [0, 0.05) is 32.3 Å². The molecule has 0 saturated carbocycles. The molecule has 1 amide bonds. The predicted molar refractivity (Wildman–Crippen MR) is 82.9 cm³/mol. The van der Waals surface area contributed by atoms with E-state index >= 15 is 0 Å². The molecule has 6 nitrogen and oxygen atoms in total. The Morgan fingerprint density at radius 2 is 2.12 bits per heavy atom. The molecule has 3 heterocycles. The summed E-state index contributed by atoms with van der Waals surface area (Å²) in [5, 5.41) is 7.61. The topological polar surface area (TPSA) is 63.9 Å². The summed E-state index contributed by atoms with van der Waals surface area (Å²) in [4.78, 5) is 18.1. The number of hydrogen-bond acceptors (Lipinski definition) is 4. The van der Waals surface area contributed by atoms with Crippen LogP contribution in [0, 0.1) is 6.92 Å². The van der Waals surface area contributed by atoms with Crippen molar-refractivity contribution >= 4 is 5.91 Å². The summed E-state index contributed by atoms with van der Waals surface area (Å²) in [6.45, 7) is 2.60. The summed E-state index contributed by atoms with van der Waals surface area (Å²) >= 11 is 0. The van der Waals surface area contributed by atoms with Gasteiger partial charge in [0.05, 0.1) is 17.5 Å². The van der Waals surface area contributed by atoms with E-state index in [0.717, 1.165) is 6.20 Å². The molecule has 9 heteroatoms. The van der Waals surface area contributed by atoms with E-state index in [0.29, 0.717) is 43.0 Å². The maximum atomic E-state index is 12.9. The molecule has 0 aliphatic carbocycles. The molecule has 134 valence electrons. The fourth-order valence-electron chi connectivity index (χ4n) is 3.17. The second-order valence-corrected chi connectivity index (χ2v) is 6.21. The smallest absolute Gasteiger partial charge is 0.338 e. The molecule has 1 aliphatic heterocycles. The summed E-state index contributed by atoms with van der Waals surface area (Å²) in [5.74, 6) is -0.0503. The average molecular weight is 353 g/mol. The Morgan fingerprint density at radius 1 is 1.36 bits per heavy atom. The minimum atomic E-state index is -4.47. The van der Waals surface area contributed by atoms with Crippen LogP contribution in [0.1, 0.15) is 46.3 Å². The normalized spacial score (nSPS) is 18.4. The number of carbonyl (C=O) groups is 1. The highest BCUT2D eigenvalue weighted by atomic mass is 19.4. The monoisotopic (exact) mass is 353 g/mol. The van der Waals surface area contributed by atoms with Crippen molar-refractivity contribution < 1.29 is 18.0 Å². The second kappa shape index (κ2) is 6.45. The third kappa shape index (κ3) is 3.49. The highest BCUT2D eigenvalue weighted by molar-refractivity contribution is 5.95. The van der Waals surface area contributed by atoms with Crippen LogP contribution in [-0.2, 0) is 13.2 Å². The standard InChI is InChI=1S/C16H18F3N5O/c1-10-12(5-6-20-22-10)15(25)24-7-3-4-11(8-24)14-21-13(9-23(14)2)16(17,18)19/h5-6,9,11H,3-4,7-8H2,1-2H3. The molecule has 1 saturated heterocycles. The molecule has 0 N–H and O–H groups in total. The third-order valence-corrected chi connectivity index (χ3v) is 4.41.